The van der Waals surface area contributed by atoms with Crippen molar-refractivity contribution < 1.29 is 9.53 Å². The third kappa shape index (κ3) is 3.41. The zero-order valence-electron chi connectivity index (χ0n) is 14.0. The molecule has 3 aromatic rings. The molecular weight excluding hydrogens is 320 g/mol. The maximum atomic E-state index is 12.6. The summed E-state index contributed by atoms with van der Waals surface area (Å²) < 4.78 is 6.29. The van der Waals surface area contributed by atoms with Crippen molar-refractivity contribution in [1.82, 2.24) is 9.88 Å². The van der Waals surface area contributed by atoms with Gasteiger partial charge in [-0.15, -0.1) is 11.3 Å². The molecule has 0 bridgehead atoms. The summed E-state index contributed by atoms with van der Waals surface area (Å²) in [6, 6.07) is 15.6. The predicted octanol–water partition coefficient (Wildman–Crippen LogP) is 4.07. The summed E-state index contributed by atoms with van der Waals surface area (Å²) in [5.41, 5.74) is 1.96. The number of rotatable bonds is 5. The van der Waals surface area contributed by atoms with Crippen LogP contribution in [0.25, 0.3) is 10.2 Å². The number of likely N-dealkylation sites (N-methyl/N-ethyl adjacent to an activating group) is 1. The van der Waals surface area contributed by atoms with Crippen LogP contribution in [-0.4, -0.2) is 29.9 Å². The van der Waals surface area contributed by atoms with Gasteiger partial charge < -0.3 is 9.64 Å². The molecule has 4 nitrogen and oxygen atoms in total. The quantitative estimate of drug-likeness (QED) is 0.703. The first-order chi connectivity index (χ1) is 11.6. The number of aromatic nitrogens is 1. The first-order valence-corrected chi connectivity index (χ1v) is 8.64. The van der Waals surface area contributed by atoms with Gasteiger partial charge in [-0.05, 0) is 36.8 Å². The molecule has 0 aliphatic rings. The van der Waals surface area contributed by atoms with Crippen molar-refractivity contribution in [1.29, 1.82) is 0 Å². The number of carbonyl (C=O) groups excluding carboxylic acids is 1. The van der Waals surface area contributed by atoms with Crippen LogP contribution in [0.4, 0.5) is 0 Å². The SMILES string of the molecule is COc1ccc(CC(=O)N(C)C(C)c2nc3ccccc3s2)cc1. The Morgan fingerprint density at radius 2 is 1.92 bits per heavy atom. The molecule has 1 unspecified atom stereocenters. The van der Waals surface area contributed by atoms with Crippen LogP contribution in [0.1, 0.15) is 23.5 Å². The summed E-state index contributed by atoms with van der Waals surface area (Å²) in [6.07, 6.45) is 0.371. The number of thiazole rings is 1. The van der Waals surface area contributed by atoms with Gasteiger partial charge in [0.2, 0.25) is 5.91 Å². The minimum absolute atomic E-state index is 0.0480. The minimum atomic E-state index is -0.0480. The summed E-state index contributed by atoms with van der Waals surface area (Å²) >= 11 is 1.64. The molecule has 0 N–H and O–H groups in total. The predicted molar refractivity (Wildman–Crippen MR) is 97.5 cm³/mol. The topological polar surface area (TPSA) is 42.4 Å². The van der Waals surface area contributed by atoms with Gasteiger partial charge in [-0.3, -0.25) is 4.79 Å². The third-order valence-corrected chi connectivity index (χ3v) is 5.36. The molecule has 124 valence electrons. The standard InChI is InChI=1S/C19H20N2O2S/c1-13(19-20-16-6-4-5-7-17(16)24-19)21(2)18(22)12-14-8-10-15(23-3)11-9-14/h4-11,13H,12H2,1-3H3. The number of carbonyl (C=O) groups is 1. The van der Waals surface area contributed by atoms with Gasteiger partial charge in [0, 0.05) is 7.05 Å². The molecule has 1 amide bonds. The molecule has 0 saturated carbocycles. The number of ether oxygens (including phenoxy) is 1. The molecule has 1 heterocycles. The van der Waals surface area contributed by atoms with Crippen LogP contribution < -0.4 is 4.74 Å². The third-order valence-electron chi connectivity index (χ3n) is 4.16. The maximum Gasteiger partial charge on any atom is 0.227 e. The summed E-state index contributed by atoms with van der Waals surface area (Å²) in [5, 5.41) is 0.960. The van der Waals surface area contributed by atoms with E-state index in [4.69, 9.17) is 4.74 Å². The highest BCUT2D eigenvalue weighted by Gasteiger charge is 2.20. The van der Waals surface area contributed by atoms with Gasteiger partial charge in [0.15, 0.2) is 0 Å². The van der Waals surface area contributed by atoms with Crippen molar-refractivity contribution in [2.45, 2.75) is 19.4 Å². The summed E-state index contributed by atoms with van der Waals surface area (Å²) in [6.45, 7) is 2.02. The van der Waals surface area contributed by atoms with Crippen LogP contribution in [0, 0.1) is 0 Å². The van der Waals surface area contributed by atoms with Crippen molar-refractivity contribution in [3.63, 3.8) is 0 Å². The number of benzene rings is 2. The Labute approximate surface area is 145 Å². The zero-order chi connectivity index (χ0) is 17.1. The van der Waals surface area contributed by atoms with E-state index < -0.39 is 0 Å². The normalized spacial score (nSPS) is 12.1. The largest absolute Gasteiger partial charge is 0.497 e. The molecule has 5 heteroatoms. The maximum absolute atomic E-state index is 12.6. The number of nitrogens with zero attached hydrogens (tertiary/aromatic N) is 2. The lowest BCUT2D eigenvalue weighted by atomic mass is 10.1. The second-order valence-corrected chi connectivity index (χ2v) is 6.79. The molecule has 0 fully saturated rings. The fraction of sp³-hybridized carbons (Fsp3) is 0.263. The number of hydrogen-bond donors (Lipinski definition) is 0. The Hall–Kier alpha value is -2.40. The van der Waals surface area contributed by atoms with Gasteiger partial charge in [-0.25, -0.2) is 4.98 Å². The van der Waals surface area contributed by atoms with E-state index in [1.807, 2.05) is 56.4 Å². The van der Waals surface area contributed by atoms with Gasteiger partial charge in [0.25, 0.3) is 0 Å². The lowest BCUT2D eigenvalue weighted by Crippen LogP contribution is -2.30. The Kier molecular flexibility index (Phi) is 4.81. The fourth-order valence-electron chi connectivity index (χ4n) is 2.49. The van der Waals surface area contributed by atoms with Gasteiger partial charge in [0.05, 0.1) is 29.8 Å². The van der Waals surface area contributed by atoms with E-state index in [-0.39, 0.29) is 11.9 Å². The molecule has 0 aliphatic carbocycles. The summed E-state index contributed by atoms with van der Waals surface area (Å²) in [4.78, 5) is 19.0. The van der Waals surface area contributed by atoms with Crippen LogP contribution in [0.15, 0.2) is 48.5 Å². The van der Waals surface area contributed by atoms with Crippen LogP contribution in [-0.2, 0) is 11.2 Å². The van der Waals surface area contributed by atoms with E-state index >= 15 is 0 Å². The van der Waals surface area contributed by atoms with E-state index in [1.54, 1.807) is 23.3 Å². The molecule has 24 heavy (non-hydrogen) atoms. The highest BCUT2D eigenvalue weighted by molar-refractivity contribution is 7.18. The van der Waals surface area contributed by atoms with Gasteiger partial charge in [-0.1, -0.05) is 24.3 Å². The van der Waals surface area contributed by atoms with Crippen molar-refractivity contribution in [3.8, 4) is 5.75 Å². The first-order valence-electron chi connectivity index (χ1n) is 7.82. The number of para-hydroxylation sites is 1. The van der Waals surface area contributed by atoms with Crippen LogP contribution in [0.3, 0.4) is 0 Å². The van der Waals surface area contributed by atoms with Crippen molar-refractivity contribution in [2.75, 3.05) is 14.2 Å². The summed E-state index contributed by atoms with van der Waals surface area (Å²) in [7, 11) is 3.47. The molecule has 2 aromatic carbocycles. The average Bonchev–Trinajstić information content (AvgIpc) is 3.05. The number of hydrogen-bond acceptors (Lipinski definition) is 4. The second-order valence-electron chi connectivity index (χ2n) is 5.73. The summed E-state index contributed by atoms with van der Waals surface area (Å²) in [5.74, 6) is 0.870. The number of amides is 1. The fourth-order valence-corrected chi connectivity index (χ4v) is 3.56. The van der Waals surface area contributed by atoms with Gasteiger partial charge in [-0.2, -0.15) is 0 Å². The molecule has 0 saturated heterocycles. The molecule has 1 atom stereocenters. The van der Waals surface area contributed by atoms with E-state index in [0.717, 1.165) is 26.5 Å². The first kappa shape index (κ1) is 16.5. The molecule has 0 aliphatic heterocycles. The van der Waals surface area contributed by atoms with Crippen LogP contribution in [0.5, 0.6) is 5.75 Å². The number of methoxy groups -OCH3 is 1. The highest BCUT2D eigenvalue weighted by atomic mass is 32.1. The molecule has 1 aromatic heterocycles. The zero-order valence-corrected chi connectivity index (χ0v) is 14.8. The Morgan fingerprint density at radius 1 is 1.21 bits per heavy atom. The Bertz CT molecular complexity index is 809. The van der Waals surface area contributed by atoms with Crippen LogP contribution in [0.2, 0.25) is 0 Å². The van der Waals surface area contributed by atoms with Crippen LogP contribution >= 0.6 is 11.3 Å². The molecule has 3 rings (SSSR count). The molecular formula is C19H20N2O2S. The van der Waals surface area contributed by atoms with E-state index in [9.17, 15) is 4.79 Å². The Morgan fingerprint density at radius 3 is 2.58 bits per heavy atom. The second kappa shape index (κ2) is 7.01. The van der Waals surface area contributed by atoms with Crippen molar-refractivity contribution >= 4 is 27.5 Å². The lowest BCUT2D eigenvalue weighted by molar-refractivity contribution is -0.131. The monoisotopic (exact) mass is 340 g/mol. The Balaban J connectivity index is 1.71. The van der Waals surface area contributed by atoms with Crippen molar-refractivity contribution in [2.24, 2.45) is 0 Å². The smallest absolute Gasteiger partial charge is 0.227 e. The lowest BCUT2D eigenvalue weighted by Gasteiger charge is -2.23. The molecule has 0 radical (unpaired) electrons. The van der Waals surface area contributed by atoms with E-state index in [1.165, 1.54) is 0 Å². The van der Waals surface area contributed by atoms with E-state index in [0.29, 0.717) is 6.42 Å². The van der Waals surface area contributed by atoms with Crippen molar-refractivity contribution in [3.05, 3.63) is 59.1 Å². The minimum Gasteiger partial charge on any atom is -0.497 e. The van der Waals surface area contributed by atoms with E-state index in [2.05, 4.69) is 11.1 Å². The number of fused-ring (bicyclic) bond motifs is 1. The molecule has 0 spiro atoms. The van der Waals surface area contributed by atoms with Gasteiger partial charge >= 0.3 is 0 Å². The highest BCUT2D eigenvalue weighted by Crippen LogP contribution is 2.29. The average molecular weight is 340 g/mol. The van der Waals surface area contributed by atoms with Gasteiger partial charge in [0.1, 0.15) is 10.8 Å².